The molecule has 0 bridgehead atoms. The van der Waals surface area contributed by atoms with E-state index < -0.39 is 0 Å². The van der Waals surface area contributed by atoms with Crippen molar-refractivity contribution >= 4 is 17.5 Å². The number of hydrogen-bond donors (Lipinski definition) is 0. The highest BCUT2D eigenvalue weighted by atomic mass is 15.1. The molecule has 116 valence electrons. The monoisotopic (exact) mass is 303 g/mol. The largest absolute Gasteiger partial charge is 0.314 e. The van der Waals surface area contributed by atoms with Crippen LogP contribution in [0.1, 0.15) is 24.1 Å². The molecule has 1 saturated heterocycles. The van der Waals surface area contributed by atoms with Gasteiger partial charge in [-0.15, -0.1) is 0 Å². The zero-order valence-electron chi connectivity index (χ0n) is 13.5. The van der Waals surface area contributed by atoms with Crippen LogP contribution in [0.25, 0.3) is 11.3 Å². The highest BCUT2D eigenvalue weighted by Gasteiger charge is 2.37. The van der Waals surface area contributed by atoms with E-state index in [4.69, 9.17) is 4.99 Å². The quantitative estimate of drug-likeness (QED) is 0.724. The molecule has 3 nitrogen and oxygen atoms in total. The third-order valence-electron chi connectivity index (χ3n) is 5.71. The van der Waals surface area contributed by atoms with Gasteiger partial charge in [0.1, 0.15) is 0 Å². The van der Waals surface area contributed by atoms with Gasteiger partial charge in [-0.05, 0) is 68.6 Å². The van der Waals surface area contributed by atoms with Crippen molar-refractivity contribution in [2.75, 3.05) is 20.1 Å². The van der Waals surface area contributed by atoms with E-state index in [1.54, 1.807) is 0 Å². The van der Waals surface area contributed by atoms with Crippen molar-refractivity contribution in [2.24, 2.45) is 10.4 Å². The first-order valence-corrected chi connectivity index (χ1v) is 8.50. The van der Waals surface area contributed by atoms with E-state index >= 15 is 0 Å². The Labute approximate surface area is 137 Å². The molecule has 1 aliphatic carbocycles. The molecule has 5 rings (SSSR count). The molecule has 23 heavy (non-hydrogen) atoms. The lowest BCUT2D eigenvalue weighted by molar-refractivity contribution is 0.163. The van der Waals surface area contributed by atoms with Crippen LogP contribution in [-0.4, -0.2) is 35.8 Å². The molecule has 1 fully saturated rings. The van der Waals surface area contributed by atoms with Crippen molar-refractivity contribution in [3.05, 3.63) is 53.9 Å². The molecule has 0 amide bonds. The van der Waals surface area contributed by atoms with E-state index in [1.165, 1.54) is 54.9 Å². The topological polar surface area (TPSA) is 20.5 Å². The molecule has 3 heterocycles. The van der Waals surface area contributed by atoms with Crippen LogP contribution < -0.4 is 0 Å². The molecular formula is C20H21N3. The highest BCUT2D eigenvalue weighted by molar-refractivity contribution is 6.12. The number of allylic oxidation sites excluding steroid dienone is 2. The first-order valence-electron chi connectivity index (χ1n) is 8.50. The molecule has 1 aromatic carbocycles. The summed E-state index contributed by atoms with van der Waals surface area (Å²) in [6.07, 6.45) is 10.5. The normalized spacial score (nSPS) is 21.5. The molecule has 0 unspecified atom stereocenters. The van der Waals surface area contributed by atoms with E-state index in [1.807, 2.05) is 0 Å². The summed E-state index contributed by atoms with van der Waals surface area (Å²) in [6.45, 7) is 2.38. The Balaban J connectivity index is 1.67. The molecule has 3 aliphatic rings. The third kappa shape index (κ3) is 1.96. The van der Waals surface area contributed by atoms with Gasteiger partial charge in [-0.1, -0.05) is 18.2 Å². The lowest BCUT2D eigenvalue weighted by atomic mass is 9.69. The summed E-state index contributed by atoms with van der Waals surface area (Å²) >= 11 is 0. The molecule has 1 spiro atoms. The number of hydrogen-bond acceptors (Lipinski definition) is 2. The fraction of sp³-hybridized carbons (Fsp3) is 0.350. The average Bonchev–Trinajstić information content (AvgIpc) is 2.92. The molecule has 0 radical (unpaired) electrons. The fourth-order valence-corrected chi connectivity index (χ4v) is 4.37. The van der Waals surface area contributed by atoms with Gasteiger partial charge in [0.15, 0.2) is 0 Å². The Morgan fingerprint density at radius 3 is 2.78 bits per heavy atom. The van der Waals surface area contributed by atoms with Crippen LogP contribution in [0.15, 0.2) is 47.6 Å². The average molecular weight is 303 g/mol. The molecule has 3 heteroatoms. The zero-order chi connectivity index (χ0) is 15.4. The molecule has 0 N–H and O–H groups in total. The van der Waals surface area contributed by atoms with Crippen molar-refractivity contribution in [3.63, 3.8) is 0 Å². The van der Waals surface area contributed by atoms with Gasteiger partial charge in [0.25, 0.3) is 0 Å². The SMILES string of the molecule is CN1CCC2(C=C3C=Nc4ccccc4-n4ccc(c43)C2)CC1. The van der Waals surface area contributed by atoms with Gasteiger partial charge in [0.05, 0.1) is 17.1 Å². The number of rotatable bonds is 0. The van der Waals surface area contributed by atoms with Crippen LogP contribution >= 0.6 is 0 Å². The van der Waals surface area contributed by atoms with E-state index in [0.29, 0.717) is 5.41 Å². The number of fused-ring (bicyclic) bond motifs is 2. The lowest BCUT2D eigenvalue weighted by Gasteiger charge is -2.41. The summed E-state index contributed by atoms with van der Waals surface area (Å²) in [5.74, 6) is 0. The number of piperidine rings is 1. The Bertz CT molecular complexity index is 832. The van der Waals surface area contributed by atoms with E-state index in [-0.39, 0.29) is 0 Å². The zero-order valence-corrected chi connectivity index (χ0v) is 13.5. The minimum Gasteiger partial charge on any atom is -0.314 e. The number of para-hydroxylation sites is 2. The molecule has 2 aromatic rings. The minimum absolute atomic E-state index is 0.323. The van der Waals surface area contributed by atoms with Crippen molar-refractivity contribution in [3.8, 4) is 5.69 Å². The molecule has 0 atom stereocenters. The van der Waals surface area contributed by atoms with Gasteiger partial charge in [0.2, 0.25) is 0 Å². The van der Waals surface area contributed by atoms with Crippen LogP contribution in [-0.2, 0) is 6.42 Å². The lowest BCUT2D eigenvalue weighted by Crippen LogP contribution is -2.39. The summed E-state index contributed by atoms with van der Waals surface area (Å²) in [7, 11) is 2.23. The maximum Gasteiger partial charge on any atom is 0.0870 e. The first kappa shape index (κ1) is 13.3. The van der Waals surface area contributed by atoms with Crippen molar-refractivity contribution in [1.29, 1.82) is 0 Å². The highest BCUT2D eigenvalue weighted by Crippen LogP contribution is 2.45. The second-order valence-corrected chi connectivity index (χ2v) is 7.25. The Morgan fingerprint density at radius 2 is 1.91 bits per heavy atom. The van der Waals surface area contributed by atoms with Gasteiger partial charge in [0, 0.05) is 18.0 Å². The third-order valence-corrected chi connectivity index (χ3v) is 5.71. The summed E-state index contributed by atoms with van der Waals surface area (Å²) in [5, 5.41) is 0. The van der Waals surface area contributed by atoms with Crippen LogP contribution in [0.2, 0.25) is 0 Å². The molecule has 2 aliphatic heterocycles. The molecule has 0 saturated carbocycles. The first-order chi connectivity index (χ1) is 11.2. The second kappa shape index (κ2) is 4.68. The standard InChI is InChI=1S/C20H21N3/c1-22-10-7-20(8-11-22)12-15-6-9-23-18-5-3-2-4-17(18)21-14-16(13-20)19(15)23/h2-6,9,13-14H,7-8,10-12H2,1H3. The van der Waals surface area contributed by atoms with Crippen molar-refractivity contribution < 1.29 is 0 Å². The van der Waals surface area contributed by atoms with Crippen molar-refractivity contribution in [2.45, 2.75) is 19.3 Å². The second-order valence-electron chi connectivity index (χ2n) is 7.25. The Hall–Kier alpha value is -2.13. The van der Waals surface area contributed by atoms with Crippen LogP contribution in [0, 0.1) is 5.41 Å². The number of benzene rings is 1. The van der Waals surface area contributed by atoms with Gasteiger partial charge in [-0.25, -0.2) is 0 Å². The van der Waals surface area contributed by atoms with Gasteiger partial charge in [-0.2, -0.15) is 0 Å². The number of likely N-dealkylation sites (tertiary alicyclic amines) is 1. The summed E-state index contributed by atoms with van der Waals surface area (Å²) < 4.78 is 2.32. The van der Waals surface area contributed by atoms with E-state index in [9.17, 15) is 0 Å². The predicted octanol–water partition coefficient (Wildman–Crippen LogP) is 3.84. The smallest absolute Gasteiger partial charge is 0.0870 e. The summed E-state index contributed by atoms with van der Waals surface area (Å²) in [4.78, 5) is 7.22. The maximum atomic E-state index is 4.77. The number of aromatic nitrogens is 1. The maximum absolute atomic E-state index is 4.77. The van der Waals surface area contributed by atoms with Gasteiger partial charge in [-0.3, -0.25) is 4.99 Å². The molecule has 1 aromatic heterocycles. The van der Waals surface area contributed by atoms with E-state index in [2.05, 4.69) is 65.3 Å². The van der Waals surface area contributed by atoms with E-state index in [0.717, 1.165) is 5.69 Å². The Morgan fingerprint density at radius 1 is 1.09 bits per heavy atom. The summed E-state index contributed by atoms with van der Waals surface area (Å²) in [5.41, 5.74) is 6.70. The number of nitrogens with zero attached hydrogens (tertiary/aromatic N) is 3. The van der Waals surface area contributed by atoms with Gasteiger partial charge >= 0.3 is 0 Å². The fourth-order valence-electron chi connectivity index (χ4n) is 4.37. The van der Waals surface area contributed by atoms with Gasteiger partial charge < -0.3 is 9.47 Å². The minimum atomic E-state index is 0.323. The molecular weight excluding hydrogens is 282 g/mol. The van der Waals surface area contributed by atoms with Crippen LogP contribution in [0.3, 0.4) is 0 Å². The Kier molecular flexibility index (Phi) is 2.71. The van der Waals surface area contributed by atoms with Crippen molar-refractivity contribution in [1.82, 2.24) is 9.47 Å². The van der Waals surface area contributed by atoms with Crippen LogP contribution in [0.4, 0.5) is 5.69 Å². The summed E-state index contributed by atoms with van der Waals surface area (Å²) in [6, 6.07) is 10.7. The number of aliphatic imine (C=N–C) groups is 1. The predicted molar refractivity (Wildman–Crippen MR) is 94.8 cm³/mol. The van der Waals surface area contributed by atoms with Crippen LogP contribution in [0.5, 0.6) is 0 Å².